The summed E-state index contributed by atoms with van der Waals surface area (Å²) in [7, 11) is 0. The van der Waals surface area contributed by atoms with E-state index in [0.717, 1.165) is 30.6 Å². The minimum Gasteiger partial charge on any atom is -0.481 e. The summed E-state index contributed by atoms with van der Waals surface area (Å²) in [4.78, 5) is 25.9. The predicted octanol–water partition coefficient (Wildman–Crippen LogP) is 4.15. The molecule has 2 N–H and O–H groups in total. The Labute approximate surface area is 155 Å². The molecule has 0 bridgehead atoms. The summed E-state index contributed by atoms with van der Waals surface area (Å²) in [5.74, 6) is -0.387. The summed E-state index contributed by atoms with van der Waals surface area (Å²) in [6.45, 7) is 1.43. The summed E-state index contributed by atoms with van der Waals surface area (Å²) in [6, 6.07) is 8.28. The maximum Gasteiger partial charge on any atom is 0.303 e. The summed E-state index contributed by atoms with van der Waals surface area (Å²) in [5.41, 5.74) is 1.69. The van der Waals surface area contributed by atoms with Crippen molar-refractivity contribution in [1.82, 2.24) is 4.90 Å². The van der Waals surface area contributed by atoms with E-state index in [1.165, 1.54) is 32.1 Å². The third-order valence-corrected chi connectivity index (χ3v) is 5.69. The molecule has 1 aliphatic carbocycles. The molecule has 1 atom stereocenters. The fourth-order valence-electron chi connectivity index (χ4n) is 4.25. The number of piperidine rings is 1. The van der Waals surface area contributed by atoms with Gasteiger partial charge in [0.15, 0.2) is 0 Å². The van der Waals surface area contributed by atoms with Crippen molar-refractivity contribution in [2.75, 3.05) is 18.4 Å². The molecular formula is C21H30N2O3. The number of hydrogen-bond acceptors (Lipinski definition) is 3. The van der Waals surface area contributed by atoms with Gasteiger partial charge in [0.2, 0.25) is 0 Å². The normalized spacial score (nSPS) is 21.4. The highest BCUT2D eigenvalue weighted by Crippen LogP contribution is 2.27. The lowest BCUT2D eigenvalue weighted by molar-refractivity contribution is -0.137. The second kappa shape index (κ2) is 9.06. The Morgan fingerprint density at radius 1 is 1.08 bits per heavy atom. The number of amides is 1. The minimum absolute atomic E-state index is 0.0731. The number of nitrogens with one attached hydrogen (secondary N) is 1. The van der Waals surface area contributed by atoms with Crippen LogP contribution in [0.25, 0.3) is 0 Å². The van der Waals surface area contributed by atoms with E-state index in [9.17, 15) is 9.59 Å². The first-order valence-corrected chi connectivity index (χ1v) is 10.00. The van der Waals surface area contributed by atoms with Crippen molar-refractivity contribution >= 4 is 17.6 Å². The SMILES string of the molecule is O=C(O)CCC1CCCN(C(=O)c2ccccc2NC2CCCCC2)C1. The second-order valence-electron chi connectivity index (χ2n) is 7.72. The number of carboxylic acid groups (broad SMARTS) is 1. The molecule has 142 valence electrons. The first-order valence-electron chi connectivity index (χ1n) is 10.00. The van der Waals surface area contributed by atoms with Gasteiger partial charge in [-0.15, -0.1) is 0 Å². The van der Waals surface area contributed by atoms with Crippen LogP contribution in [0.5, 0.6) is 0 Å². The first-order chi connectivity index (χ1) is 12.6. The van der Waals surface area contributed by atoms with Crippen molar-refractivity contribution < 1.29 is 14.7 Å². The van der Waals surface area contributed by atoms with Crippen molar-refractivity contribution in [3.8, 4) is 0 Å². The maximum absolute atomic E-state index is 13.1. The largest absolute Gasteiger partial charge is 0.481 e. The van der Waals surface area contributed by atoms with Gasteiger partial charge in [0, 0.05) is 31.2 Å². The van der Waals surface area contributed by atoms with Gasteiger partial charge in [-0.25, -0.2) is 0 Å². The van der Waals surface area contributed by atoms with Crippen LogP contribution in [-0.2, 0) is 4.79 Å². The third-order valence-electron chi connectivity index (χ3n) is 5.69. The van der Waals surface area contributed by atoms with Crippen molar-refractivity contribution in [3.63, 3.8) is 0 Å². The monoisotopic (exact) mass is 358 g/mol. The molecule has 1 amide bonds. The number of carboxylic acids is 1. The van der Waals surface area contributed by atoms with Gasteiger partial charge in [-0.1, -0.05) is 31.4 Å². The Bertz CT molecular complexity index is 625. The van der Waals surface area contributed by atoms with E-state index in [-0.39, 0.29) is 12.3 Å². The molecule has 1 saturated carbocycles. The van der Waals surface area contributed by atoms with Gasteiger partial charge in [-0.3, -0.25) is 9.59 Å². The van der Waals surface area contributed by atoms with Gasteiger partial charge >= 0.3 is 5.97 Å². The van der Waals surface area contributed by atoms with Crippen LogP contribution in [0, 0.1) is 5.92 Å². The highest BCUT2D eigenvalue weighted by Gasteiger charge is 2.26. The Balaban J connectivity index is 1.65. The molecule has 0 radical (unpaired) electrons. The first kappa shape index (κ1) is 18.7. The number of nitrogens with zero attached hydrogens (tertiary/aromatic N) is 1. The van der Waals surface area contributed by atoms with Crippen molar-refractivity contribution in [2.45, 2.75) is 63.8 Å². The molecule has 2 fully saturated rings. The highest BCUT2D eigenvalue weighted by atomic mass is 16.4. The van der Waals surface area contributed by atoms with E-state index in [1.54, 1.807) is 0 Å². The maximum atomic E-state index is 13.1. The molecule has 5 nitrogen and oxygen atoms in total. The van der Waals surface area contributed by atoms with Crippen LogP contribution in [0.1, 0.15) is 68.1 Å². The lowest BCUT2D eigenvalue weighted by Gasteiger charge is -2.33. The molecule has 26 heavy (non-hydrogen) atoms. The number of anilines is 1. The highest BCUT2D eigenvalue weighted by molar-refractivity contribution is 5.99. The summed E-state index contributed by atoms with van der Waals surface area (Å²) >= 11 is 0. The zero-order valence-electron chi connectivity index (χ0n) is 15.5. The molecule has 0 spiro atoms. The fourth-order valence-corrected chi connectivity index (χ4v) is 4.25. The van der Waals surface area contributed by atoms with E-state index in [0.29, 0.717) is 24.9 Å². The van der Waals surface area contributed by atoms with Crippen LogP contribution in [-0.4, -0.2) is 41.0 Å². The smallest absolute Gasteiger partial charge is 0.303 e. The van der Waals surface area contributed by atoms with Crippen molar-refractivity contribution in [3.05, 3.63) is 29.8 Å². The number of aliphatic carboxylic acids is 1. The number of likely N-dealkylation sites (tertiary alicyclic amines) is 1. The van der Waals surface area contributed by atoms with Gasteiger partial charge in [0.05, 0.1) is 5.56 Å². The van der Waals surface area contributed by atoms with E-state index in [1.807, 2.05) is 29.2 Å². The molecular weight excluding hydrogens is 328 g/mol. The van der Waals surface area contributed by atoms with Crippen molar-refractivity contribution in [1.29, 1.82) is 0 Å². The van der Waals surface area contributed by atoms with Crippen LogP contribution in [0.2, 0.25) is 0 Å². The number of para-hydroxylation sites is 1. The molecule has 1 aliphatic heterocycles. The van der Waals surface area contributed by atoms with Gasteiger partial charge < -0.3 is 15.3 Å². The lowest BCUT2D eigenvalue weighted by Crippen LogP contribution is -2.40. The molecule has 0 aromatic heterocycles. The van der Waals surface area contributed by atoms with Crippen LogP contribution in [0.4, 0.5) is 5.69 Å². The molecule has 5 heteroatoms. The molecule has 1 aromatic rings. The van der Waals surface area contributed by atoms with Crippen LogP contribution >= 0.6 is 0 Å². The average molecular weight is 358 g/mol. The minimum atomic E-state index is -0.754. The quantitative estimate of drug-likeness (QED) is 0.801. The number of benzene rings is 1. The summed E-state index contributed by atoms with van der Waals surface area (Å²) in [6.07, 6.45) is 8.97. The van der Waals surface area contributed by atoms with Gasteiger partial charge in [0.1, 0.15) is 0 Å². The second-order valence-corrected chi connectivity index (χ2v) is 7.72. The average Bonchev–Trinajstić information content (AvgIpc) is 2.67. The summed E-state index contributed by atoms with van der Waals surface area (Å²) in [5, 5.41) is 12.5. The number of hydrogen-bond donors (Lipinski definition) is 2. The zero-order chi connectivity index (χ0) is 18.4. The molecule has 3 rings (SSSR count). The lowest BCUT2D eigenvalue weighted by atomic mass is 9.92. The summed E-state index contributed by atoms with van der Waals surface area (Å²) < 4.78 is 0. The van der Waals surface area contributed by atoms with E-state index >= 15 is 0 Å². The number of carbonyl (C=O) groups excluding carboxylic acids is 1. The van der Waals surface area contributed by atoms with Crippen molar-refractivity contribution in [2.24, 2.45) is 5.92 Å². The topological polar surface area (TPSA) is 69.6 Å². The van der Waals surface area contributed by atoms with Crippen LogP contribution in [0.3, 0.4) is 0 Å². The fraction of sp³-hybridized carbons (Fsp3) is 0.619. The Morgan fingerprint density at radius 2 is 1.85 bits per heavy atom. The molecule has 2 aliphatic rings. The van der Waals surface area contributed by atoms with Crippen LogP contribution < -0.4 is 5.32 Å². The Hall–Kier alpha value is -2.04. The van der Waals surface area contributed by atoms with Gasteiger partial charge in [-0.2, -0.15) is 0 Å². The predicted molar refractivity (Wildman–Crippen MR) is 102 cm³/mol. The molecule has 1 heterocycles. The third kappa shape index (κ3) is 4.99. The van der Waals surface area contributed by atoms with Gasteiger partial charge in [0.25, 0.3) is 5.91 Å². The number of rotatable bonds is 6. The van der Waals surface area contributed by atoms with Crippen LogP contribution in [0.15, 0.2) is 24.3 Å². The standard InChI is InChI=1S/C21H30N2O3/c24-20(25)13-12-16-7-6-14-23(15-16)21(26)18-10-4-5-11-19(18)22-17-8-2-1-3-9-17/h4-5,10-11,16-17,22H,1-3,6-9,12-15H2,(H,24,25). The van der Waals surface area contributed by atoms with E-state index in [2.05, 4.69) is 5.32 Å². The molecule has 1 saturated heterocycles. The molecule has 1 unspecified atom stereocenters. The Kier molecular flexibility index (Phi) is 6.53. The van der Waals surface area contributed by atoms with E-state index < -0.39 is 5.97 Å². The zero-order valence-corrected chi connectivity index (χ0v) is 15.5. The number of carbonyl (C=O) groups is 2. The van der Waals surface area contributed by atoms with Gasteiger partial charge in [-0.05, 0) is 50.2 Å². The van der Waals surface area contributed by atoms with E-state index in [4.69, 9.17) is 5.11 Å². The molecule has 1 aromatic carbocycles. The Morgan fingerprint density at radius 3 is 2.62 bits per heavy atom.